The van der Waals surface area contributed by atoms with Gasteiger partial charge in [0.05, 0.1) is 6.54 Å². The van der Waals surface area contributed by atoms with Crippen LogP contribution in [0.3, 0.4) is 0 Å². The lowest BCUT2D eigenvalue weighted by molar-refractivity contribution is 0.198. The standard InChI is InChI=1S/C19H24ClN3O2/c1-22-11-3-4-16(22)12-21-19(24)23(2)13-17-9-10-18(25-17)14-5-7-15(20)8-6-14/h5-10,16H,3-4,11-13H2,1-2H3,(H,21,24)/t16-/m1/s1. The van der Waals surface area contributed by atoms with Crippen molar-refractivity contribution in [2.24, 2.45) is 0 Å². The van der Waals surface area contributed by atoms with E-state index in [4.69, 9.17) is 16.0 Å². The molecular weight excluding hydrogens is 338 g/mol. The fourth-order valence-electron chi connectivity index (χ4n) is 3.12. The first kappa shape index (κ1) is 17.8. The number of hydrogen-bond donors (Lipinski definition) is 1. The Labute approximate surface area is 153 Å². The molecule has 2 aromatic rings. The Kier molecular flexibility index (Phi) is 5.66. The van der Waals surface area contributed by atoms with Gasteiger partial charge < -0.3 is 19.5 Å². The van der Waals surface area contributed by atoms with Gasteiger partial charge in [-0.2, -0.15) is 0 Å². The second-order valence-corrected chi connectivity index (χ2v) is 7.03. The number of urea groups is 1. The molecule has 25 heavy (non-hydrogen) atoms. The molecule has 0 spiro atoms. The van der Waals surface area contributed by atoms with Crippen LogP contribution in [0.5, 0.6) is 0 Å². The minimum Gasteiger partial charge on any atom is -0.459 e. The highest BCUT2D eigenvalue weighted by Crippen LogP contribution is 2.24. The van der Waals surface area contributed by atoms with Crippen LogP contribution in [0.15, 0.2) is 40.8 Å². The molecule has 1 fully saturated rings. The Bertz CT molecular complexity index is 714. The number of likely N-dealkylation sites (N-methyl/N-ethyl adjacent to an activating group) is 1. The second-order valence-electron chi connectivity index (χ2n) is 6.59. The van der Waals surface area contributed by atoms with Gasteiger partial charge in [-0.05, 0) is 62.8 Å². The van der Waals surface area contributed by atoms with E-state index in [0.29, 0.717) is 24.2 Å². The van der Waals surface area contributed by atoms with Crippen LogP contribution in [-0.4, -0.2) is 49.1 Å². The van der Waals surface area contributed by atoms with E-state index >= 15 is 0 Å². The van der Waals surface area contributed by atoms with Gasteiger partial charge in [0.15, 0.2) is 0 Å². The molecular formula is C19H24ClN3O2. The smallest absolute Gasteiger partial charge is 0.317 e. The molecule has 134 valence electrons. The molecule has 0 radical (unpaired) electrons. The summed E-state index contributed by atoms with van der Waals surface area (Å²) >= 11 is 5.91. The fraction of sp³-hybridized carbons (Fsp3) is 0.421. The molecule has 6 heteroatoms. The lowest BCUT2D eigenvalue weighted by Crippen LogP contribution is -2.43. The van der Waals surface area contributed by atoms with Crippen molar-refractivity contribution in [1.29, 1.82) is 0 Å². The normalized spacial score (nSPS) is 17.6. The molecule has 0 saturated carbocycles. The molecule has 1 aromatic carbocycles. The molecule has 1 N–H and O–H groups in total. The van der Waals surface area contributed by atoms with Crippen molar-refractivity contribution in [3.63, 3.8) is 0 Å². The van der Waals surface area contributed by atoms with Crippen LogP contribution < -0.4 is 5.32 Å². The highest BCUT2D eigenvalue weighted by Gasteiger charge is 2.22. The predicted molar refractivity (Wildman–Crippen MR) is 99.7 cm³/mol. The van der Waals surface area contributed by atoms with Crippen LogP contribution in [0.1, 0.15) is 18.6 Å². The Morgan fingerprint density at radius 2 is 2.08 bits per heavy atom. The van der Waals surface area contributed by atoms with Crippen LogP contribution >= 0.6 is 11.6 Å². The predicted octanol–water partition coefficient (Wildman–Crippen LogP) is 3.84. The molecule has 0 bridgehead atoms. The molecule has 1 atom stereocenters. The molecule has 0 aliphatic carbocycles. The number of amides is 2. The topological polar surface area (TPSA) is 48.7 Å². The van der Waals surface area contributed by atoms with Gasteiger partial charge in [0.1, 0.15) is 11.5 Å². The SMILES string of the molecule is CN(Cc1ccc(-c2ccc(Cl)cc2)o1)C(=O)NC[C@H]1CCCN1C. The van der Waals surface area contributed by atoms with E-state index in [1.165, 1.54) is 6.42 Å². The summed E-state index contributed by atoms with van der Waals surface area (Å²) in [6.07, 6.45) is 2.34. The number of halogens is 1. The van der Waals surface area contributed by atoms with Gasteiger partial charge in [-0.15, -0.1) is 0 Å². The third kappa shape index (κ3) is 4.55. The molecule has 1 aliphatic rings. The van der Waals surface area contributed by atoms with Gasteiger partial charge in [0.25, 0.3) is 0 Å². The zero-order chi connectivity index (χ0) is 17.8. The second kappa shape index (κ2) is 7.93. The van der Waals surface area contributed by atoms with Crippen molar-refractivity contribution in [3.8, 4) is 11.3 Å². The Balaban J connectivity index is 1.53. The van der Waals surface area contributed by atoms with Crippen molar-refractivity contribution in [3.05, 3.63) is 47.2 Å². The van der Waals surface area contributed by atoms with E-state index in [2.05, 4.69) is 17.3 Å². The van der Waals surface area contributed by atoms with Crippen LogP contribution in [0.4, 0.5) is 4.79 Å². The lowest BCUT2D eigenvalue weighted by Gasteiger charge is -2.22. The lowest BCUT2D eigenvalue weighted by atomic mass is 10.2. The van der Waals surface area contributed by atoms with Crippen LogP contribution in [0.2, 0.25) is 5.02 Å². The number of carbonyl (C=O) groups excluding carboxylic acids is 1. The first-order valence-electron chi connectivity index (χ1n) is 8.57. The number of likely N-dealkylation sites (tertiary alicyclic amines) is 1. The zero-order valence-corrected chi connectivity index (χ0v) is 15.4. The quantitative estimate of drug-likeness (QED) is 0.880. The number of benzene rings is 1. The molecule has 0 unspecified atom stereocenters. The highest BCUT2D eigenvalue weighted by atomic mass is 35.5. The van der Waals surface area contributed by atoms with Gasteiger partial charge >= 0.3 is 6.03 Å². The van der Waals surface area contributed by atoms with E-state index in [0.717, 1.165) is 30.0 Å². The molecule has 1 aliphatic heterocycles. The summed E-state index contributed by atoms with van der Waals surface area (Å²) in [5.74, 6) is 1.52. The van der Waals surface area contributed by atoms with Gasteiger partial charge in [-0.25, -0.2) is 4.79 Å². The molecule has 2 amide bonds. The number of rotatable bonds is 5. The number of hydrogen-bond acceptors (Lipinski definition) is 3. The largest absolute Gasteiger partial charge is 0.459 e. The Hall–Kier alpha value is -1.98. The maximum absolute atomic E-state index is 12.3. The minimum absolute atomic E-state index is 0.0789. The van der Waals surface area contributed by atoms with E-state index in [9.17, 15) is 4.79 Å². The van der Waals surface area contributed by atoms with E-state index < -0.39 is 0 Å². The zero-order valence-electron chi connectivity index (χ0n) is 14.7. The van der Waals surface area contributed by atoms with Crippen molar-refractivity contribution in [1.82, 2.24) is 15.1 Å². The van der Waals surface area contributed by atoms with E-state index in [1.54, 1.807) is 11.9 Å². The summed E-state index contributed by atoms with van der Waals surface area (Å²) in [7, 11) is 3.88. The van der Waals surface area contributed by atoms with Crippen molar-refractivity contribution in [2.75, 3.05) is 27.2 Å². The summed E-state index contributed by atoms with van der Waals surface area (Å²) in [5.41, 5.74) is 0.965. The molecule has 1 saturated heterocycles. The summed E-state index contributed by atoms with van der Waals surface area (Å²) in [6.45, 7) is 2.23. The Morgan fingerprint density at radius 3 is 2.76 bits per heavy atom. The first-order chi connectivity index (χ1) is 12.0. The molecule has 5 nitrogen and oxygen atoms in total. The number of nitrogens with one attached hydrogen (secondary N) is 1. The van der Waals surface area contributed by atoms with Crippen molar-refractivity contribution >= 4 is 17.6 Å². The van der Waals surface area contributed by atoms with Crippen LogP contribution in [0.25, 0.3) is 11.3 Å². The Morgan fingerprint density at radius 1 is 1.32 bits per heavy atom. The maximum Gasteiger partial charge on any atom is 0.317 e. The van der Waals surface area contributed by atoms with E-state index in [-0.39, 0.29) is 6.03 Å². The van der Waals surface area contributed by atoms with Crippen molar-refractivity contribution in [2.45, 2.75) is 25.4 Å². The summed E-state index contributed by atoms with van der Waals surface area (Å²) in [5, 5.41) is 3.70. The first-order valence-corrected chi connectivity index (χ1v) is 8.94. The van der Waals surface area contributed by atoms with Crippen LogP contribution in [0, 0.1) is 0 Å². The van der Waals surface area contributed by atoms with Crippen molar-refractivity contribution < 1.29 is 9.21 Å². The number of furan rings is 1. The molecule has 2 heterocycles. The highest BCUT2D eigenvalue weighted by molar-refractivity contribution is 6.30. The number of carbonyl (C=O) groups is 1. The van der Waals surface area contributed by atoms with Gasteiger partial charge in [-0.3, -0.25) is 0 Å². The average Bonchev–Trinajstić information content (AvgIpc) is 3.22. The minimum atomic E-state index is -0.0789. The maximum atomic E-state index is 12.3. The van der Waals surface area contributed by atoms with E-state index in [1.807, 2.05) is 36.4 Å². The number of nitrogens with zero attached hydrogens (tertiary/aromatic N) is 2. The third-order valence-corrected chi connectivity index (χ3v) is 4.94. The third-order valence-electron chi connectivity index (χ3n) is 4.69. The summed E-state index contributed by atoms with van der Waals surface area (Å²) in [6, 6.07) is 11.7. The fourth-order valence-corrected chi connectivity index (χ4v) is 3.24. The van der Waals surface area contributed by atoms with Gasteiger partial charge in [0.2, 0.25) is 0 Å². The van der Waals surface area contributed by atoms with Crippen LogP contribution in [-0.2, 0) is 6.54 Å². The average molecular weight is 362 g/mol. The summed E-state index contributed by atoms with van der Waals surface area (Å²) < 4.78 is 5.85. The monoisotopic (exact) mass is 361 g/mol. The molecule has 3 rings (SSSR count). The van der Waals surface area contributed by atoms with Gasteiger partial charge in [-0.1, -0.05) is 11.6 Å². The molecule has 1 aromatic heterocycles. The van der Waals surface area contributed by atoms with Gasteiger partial charge in [0, 0.05) is 30.2 Å². The summed E-state index contributed by atoms with van der Waals surface area (Å²) in [4.78, 5) is 16.2.